The van der Waals surface area contributed by atoms with Gasteiger partial charge in [0.25, 0.3) is 0 Å². The van der Waals surface area contributed by atoms with Crippen molar-refractivity contribution in [1.29, 1.82) is 5.26 Å². The van der Waals surface area contributed by atoms with Crippen molar-refractivity contribution < 1.29 is 23.8 Å². The second-order valence-electron chi connectivity index (χ2n) is 6.04. The SMILES string of the molecule is CCOC(=O)CSC1=C(C#N)C(c2ccc(OC)cc2)C(C(=O)OCC)=C(C)N1. The van der Waals surface area contributed by atoms with Gasteiger partial charge in [0.1, 0.15) is 5.75 Å². The predicted octanol–water partition coefficient (Wildman–Crippen LogP) is 3.25. The largest absolute Gasteiger partial charge is 0.497 e. The molecule has 1 heterocycles. The molecule has 1 aliphatic heterocycles. The van der Waals surface area contributed by atoms with Crippen LogP contribution in [0.1, 0.15) is 32.3 Å². The molecule has 0 fully saturated rings. The lowest BCUT2D eigenvalue weighted by atomic mass is 9.82. The second kappa shape index (κ2) is 10.6. The highest BCUT2D eigenvalue weighted by molar-refractivity contribution is 8.03. The van der Waals surface area contributed by atoms with Gasteiger partial charge in [-0.1, -0.05) is 23.9 Å². The van der Waals surface area contributed by atoms with Gasteiger partial charge >= 0.3 is 11.9 Å². The number of esters is 2. The van der Waals surface area contributed by atoms with Gasteiger partial charge in [-0.3, -0.25) is 4.79 Å². The number of hydrogen-bond acceptors (Lipinski definition) is 8. The molecule has 1 aromatic carbocycles. The highest BCUT2D eigenvalue weighted by Gasteiger charge is 2.35. The van der Waals surface area contributed by atoms with E-state index in [9.17, 15) is 14.9 Å². The van der Waals surface area contributed by atoms with Crippen molar-refractivity contribution in [3.8, 4) is 11.8 Å². The first-order chi connectivity index (χ1) is 14.0. The molecule has 1 unspecified atom stereocenters. The molecule has 0 saturated carbocycles. The van der Waals surface area contributed by atoms with Gasteiger partial charge in [-0.2, -0.15) is 5.26 Å². The smallest absolute Gasteiger partial charge is 0.336 e. The highest BCUT2D eigenvalue weighted by atomic mass is 32.2. The molecule has 1 aromatic rings. The molecule has 7 nitrogen and oxygen atoms in total. The van der Waals surface area contributed by atoms with Crippen molar-refractivity contribution in [3.05, 3.63) is 51.7 Å². The molecular formula is C21H24N2O5S. The molecule has 1 aliphatic rings. The Kier molecular flexibility index (Phi) is 8.16. The summed E-state index contributed by atoms with van der Waals surface area (Å²) >= 11 is 1.18. The number of dihydropyridines is 1. The van der Waals surface area contributed by atoms with Crippen molar-refractivity contribution in [2.75, 3.05) is 26.1 Å². The number of benzene rings is 1. The van der Waals surface area contributed by atoms with Crippen LogP contribution in [0, 0.1) is 11.3 Å². The van der Waals surface area contributed by atoms with Crippen LogP contribution >= 0.6 is 11.8 Å². The van der Waals surface area contributed by atoms with Crippen LogP contribution in [0.25, 0.3) is 0 Å². The molecular weight excluding hydrogens is 392 g/mol. The van der Waals surface area contributed by atoms with Gasteiger partial charge in [0, 0.05) is 5.70 Å². The number of nitrogens with zero attached hydrogens (tertiary/aromatic N) is 1. The Bertz CT molecular complexity index is 868. The lowest BCUT2D eigenvalue weighted by Crippen LogP contribution is -2.29. The van der Waals surface area contributed by atoms with Crippen LogP contribution in [0.5, 0.6) is 5.75 Å². The van der Waals surface area contributed by atoms with Gasteiger partial charge in [0.2, 0.25) is 0 Å². The average Bonchev–Trinajstić information content (AvgIpc) is 2.72. The lowest BCUT2D eigenvalue weighted by molar-refractivity contribution is -0.140. The van der Waals surface area contributed by atoms with Crippen molar-refractivity contribution in [1.82, 2.24) is 5.32 Å². The number of methoxy groups -OCH3 is 1. The molecule has 0 aliphatic carbocycles. The van der Waals surface area contributed by atoms with E-state index in [1.807, 2.05) is 12.1 Å². The first-order valence-corrected chi connectivity index (χ1v) is 10.2. The van der Waals surface area contributed by atoms with Crippen LogP contribution in [0.2, 0.25) is 0 Å². The number of thioether (sulfide) groups is 1. The van der Waals surface area contributed by atoms with Crippen LogP contribution in [0.3, 0.4) is 0 Å². The third kappa shape index (κ3) is 5.33. The Morgan fingerprint density at radius 3 is 2.38 bits per heavy atom. The summed E-state index contributed by atoms with van der Waals surface area (Å²) in [4.78, 5) is 24.4. The van der Waals surface area contributed by atoms with Crippen molar-refractivity contribution in [2.24, 2.45) is 0 Å². The van der Waals surface area contributed by atoms with E-state index >= 15 is 0 Å². The summed E-state index contributed by atoms with van der Waals surface area (Å²) in [7, 11) is 1.57. The number of rotatable bonds is 8. The van der Waals surface area contributed by atoms with E-state index in [0.717, 1.165) is 5.56 Å². The summed E-state index contributed by atoms with van der Waals surface area (Å²) in [5, 5.41) is 13.5. The van der Waals surface area contributed by atoms with Crippen LogP contribution in [-0.2, 0) is 19.1 Å². The second-order valence-corrected chi connectivity index (χ2v) is 7.02. The number of carbonyl (C=O) groups excluding carboxylic acids is 2. The van der Waals surface area contributed by atoms with Crippen molar-refractivity contribution in [3.63, 3.8) is 0 Å². The third-order valence-corrected chi connectivity index (χ3v) is 5.22. The Hall–Kier alpha value is -2.92. The molecule has 2 rings (SSSR count). The monoisotopic (exact) mass is 416 g/mol. The normalized spacial score (nSPS) is 16.0. The third-order valence-electron chi connectivity index (χ3n) is 4.23. The molecule has 0 spiro atoms. The van der Waals surface area contributed by atoms with Gasteiger partial charge in [-0.15, -0.1) is 0 Å². The summed E-state index contributed by atoms with van der Waals surface area (Å²) < 4.78 is 15.4. The Morgan fingerprint density at radius 1 is 1.17 bits per heavy atom. The van der Waals surface area contributed by atoms with Crippen LogP contribution < -0.4 is 10.1 Å². The predicted molar refractivity (Wildman–Crippen MR) is 110 cm³/mol. The molecule has 0 aromatic heterocycles. The van der Waals surface area contributed by atoms with Crippen LogP contribution in [0.15, 0.2) is 46.1 Å². The van der Waals surface area contributed by atoms with Crippen LogP contribution in [0.4, 0.5) is 0 Å². The zero-order valence-electron chi connectivity index (χ0n) is 16.9. The minimum absolute atomic E-state index is 0.0543. The van der Waals surface area contributed by atoms with Gasteiger partial charge in [-0.25, -0.2) is 4.79 Å². The Balaban J connectivity index is 2.49. The van der Waals surface area contributed by atoms with Crippen LogP contribution in [-0.4, -0.2) is 38.0 Å². The fourth-order valence-electron chi connectivity index (χ4n) is 2.97. The molecule has 154 valence electrons. The molecule has 0 saturated heterocycles. The average molecular weight is 416 g/mol. The van der Waals surface area contributed by atoms with Gasteiger partial charge in [0.05, 0.1) is 54.2 Å². The number of hydrogen-bond donors (Lipinski definition) is 1. The first-order valence-electron chi connectivity index (χ1n) is 9.18. The first kappa shape index (κ1) is 22.4. The van der Waals surface area contributed by atoms with Gasteiger partial charge in [0.15, 0.2) is 0 Å². The van der Waals surface area contributed by atoms with E-state index in [-0.39, 0.29) is 24.9 Å². The number of nitrogens with one attached hydrogen (secondary N) is 1. The zero-order chi connectivity index (χ0) is 21.4. The van der Waals surface area contributed by atoms with E-state index < -0.39 is 11.9 Å². The minimum Gasteiger partial charge on any atom is -0.497 e. The topological polar surface area (TPSA) is 97.7 Å². The Labute approximate surface area is 174 Å². The maximum Gasteiger partial charge on any atom is 0.336 e. The minimum atomic E-state index is -0.615. The fourth-order valence-corrected chi connectivity index (χ4v) is 3.86. The maximum atomic E-state index is 12.7. The summed E-state index contributed by atoms with van der Waals surface area (Å²) in [5.74, 6) is -0.751. The lowest BCUT2D eigenvalue weighted by Gasteiger charge is -2.29. The number of allylic oxidation sites excluding steroid dienone is 2. The summed E-state index contributed by atoms with van der Waals surface area (Å²) in [5.41, 5.74) is 2.04. The summed E-state index contributed by atoms with van der Waals surface area (Å²) in [6, 6.07) is 9.38. The summed E-state index contributed by atoms with van der Waals surface area (Å²) in [6.07, 6.45) is 0. The zero-order valence-corrected chi connectivity index (χ0v) is 17.7. The molecule has 0 amide bonds. The Morgan fingerprint density at radius 2 is 1.83 bits per heavy atom. The van der Waals surface area contributed by atoms with E-state index in [0.29, 0.717) is 27.6 Å². The number of carbonyl (C=O) groups is 2. The van der Waals surface area contributed by atoms with E-state index in [1.54, 1.807) is 40.0 Å². The van der Waals surface area contributed by atoms with E-state index in [2.05, 4.69) is 11.4 Å². The van der Waals surface area contributed by atoms with Gasteiger partial charge in [-0.05, 0) is 38.5 Å². The molecule has 1 N–H and O–H groups in total. The highest BCUT2D eigenvalue weighted by Crippen LogP contribution is 2.41. The van der Waals surface area contributed by atoms with Crippen molar-refractivity contribution in [2.45, 2.75) is 26.7 Å². The number of ether oxygens (including phenoxy) is 3. The van der Waals surface area contributed by atoms with E-state index in [1.165, 1.54) is 11.8 Å². The van der Waals surface area contributed by atoms with Gasteiger partial charge < -0.3 is 19.5 Å². The van der Waals surface area contributed by atoms with Crippen molar-refractivity contribution >= 4 is 23.7 Å². The molecule has 8 heteroatoms. The number of nitriles is 1. The van der Waals surface area contributed by atoms with E-state index in [4.69, 9.17) is 14.2 Å². The quantitative estimate of drug-likeness (QED) is 0.645. The molecule has 0 bridgehead atoms. The molecule has 29 heavy (non-hydrogen) atoms. The fraction of sp³-hybridized carbons (Fsp3) is 0.381. The maximum absolute atomic E-state index is 12.7. The summed E-state index contributed by atoms with van der Waals surface area (Å²) in [6.45, 7) is 5.73. The molecule has 0 radical (unpaired) electrons. The molecule has 1 atom stereocenters. The standard InChI is InChI=1S/C21H24N2O5S/c1-5-27-17(24)12-29-20-16(11-22)19(14-7-9-15(26-4)10-8-14)18(13(3)23-20)21(25)28-6-2/h7-10,19,23H,5-6,12H2,1-4H3.